The number of hydrogen-bond acceptors (Lipinski definition) is 4. The zero-order valence-electron chi connectivity index (χ0n) is 21.0. The molecule has 2 unspecified atom stereocenters. The molecule has 35 heavy (non-hydrogen) atoms. The van der Waals surface area contributed by atoms with Gasteiger partial charge >= 0.3 is 5.91 Å². The van der Waals surface area contributed by atoms with E-state index in [2.05, 4.69) is 30.3 Å². The quantitative estimate of drug-likeness (QED) is 0.354. The van der Waals surface area contributed by atoms with E-state index in [0.717, 1.165) is 16.7 Å². The fraction of sp³-hybridized carbons (Fsp3) is 0.379. The molecule has 3 N–H and O–H groups in total. The van der Waals surface area contributed by atoms with Crippen LogP contribution in [-0.4, -0.2) is 34.3 Å². The molecule has 0 aromatic heterocycles. The van der Waals surface area contributed by atoms with Crippen LogP contribution < -0.4 is 10.5 Å². The predicted octanol–water partition coefficient (Wildman–Crippen LogP) is 5.02. The van der Waals surface area contributed by atoms with Crippen LogP contribution in [0.25, 0.3) is 10.8 Å². The van der Waals surface area contributed by atoms with Gasteiger partial charge in [-0.1, -0.05) is 56.3 Å². The predicted molar refractivity (Wildman–Crippen MR) is 136 cm³/mol. The van der Waals surface area contributed by atoms with Gasteiger partial charge in [0.15, 0.2) is 0 Å². The summed E-state index contributed by atoms with van der Waals surface area (Å²) in [5.41, 5.74) is 7.52. The summed E-state index contributed by atoms with van der Waals surface area (Å²) in [6.45, 7) is 8.28. The van der Waals surface area contributed by atoms with Crippen molar-refractivity contribution in [2.75, 3.05) is 6.54 Å². The highest BCUT2D eigenvalue weighted by Gasteiger charge is 2.62. The minimum absolute atomic E-state index is 0.120. The second-order valence-electron chi connectivity index (χ2n) is 10.4. The van der Waals surface area contributed by atoms with Crippen molar-refractivity contribution < 1.29 is 24.2 Å². The minimum atomic E-state index is -0.950. The summed E-state index contributed by atoms with van der Waals surface area (Å²) in [5.74, 6) is -0.189. The van der Waals surface area contributed by atoms with Gasteiger partial charge in [0, 0.05) is 12.8 Å². The van der Waals surface area contributed by atoms with Crippen molar-refractivity contribution in [1.29, 1.82) is 0 Å². The molecule has 3 atom stereocenters. The van der Waals surface area contributed by atoms with E-state index in [1.54, 1.807) is 0 Å². The zero-order valence-corrected chi connectivity index (χ0v) is 21.0. The minimum Gasteiger partial charge on any atom is -0.489 e. The Hall–Kier alpha value is -3.22. The van der Waals surface area contributed by atoms with Gasteiger partial charge in [0.2, 0.25) is 6.04 Å². The maximum atomic E-state index is 13.6. The molecule has 6 nitrogen and oxygen atoms in total. The first kappa shape index (κ1) is 24.9. The van der Waals surface area contributed by atoms with Crippen molar-refractivity contribution in [3.05, 3.63) is 77.4 Å². The Balaban J connectivity index is 1.53. The van der Waals surface area contributed by atoms with Crippen LogP contribution in [0.3, 0.4) is 0 Å². The summed E-state index contributed by atoms with van der Waals surface area (Å²) in [6, 6.07) is 19.2. The van der Waals surface area contributed by atoms with E-state index < -0.39 is 22.0 Å². The second-order valence-corrected chi connectivity index (χ2v) is 10.4. The van der Waals surface area contributed by atoms with E-state index in [0.29, 0.717) is 25.2 Å². The Morgan fingerprint density at radius 3 is 2.49 bits per heavy atom. The average molecular weight is 476 g/mol. The van der Waals surface area contributed by atoms with Crippen molar-refractivity contribution in [3.8, 4) is 5.75 Å². The molecule has 1 heterocycles. The summed E-state index contributed by atoms with van der Waals surface area (Å²) in [5, 5.41) is 13.7. The van der Waals surface area contributed by atoms with Crippen LogP contribution >= 0.6 is 0 Å². The normalized spacial score (nSPS) is 23.1. The molecule has 1 saturated heterocycles. The van der Waals surface area contributed by atoms with E-state index in [9.17, 15) is 14.8 Å². The third-order valence-corrected chi connectivity index (χ3v) is 7.33. The number of primary amides is 1. The van der Waals surface area contributed by atoms with E-state index in [1.807, 2.05) is 58.0 Å². The molecule has 0 saturated carbocycles. The van der Waals surface area contributed by atoms with Crippen molar-refractivity contribution in [2.24, 2.45) is 11.7 Å². The van der Waals surface area contributed by atoms with Gasteiger partial charge in [-0.15, -0.1) is 4.65 Å². The monoisotopic (exact) mass is 475 g/mol. The highest BCUT2D eigenvalue weighted by atomic mass is 16.6. The van der Waals surface area contributed by atoms with Gasteiger partial charge in [-0.2, -0.15) is 0 Å². The molecule has 0 aliphatic carbocycles. The number of benzene rings is 3. The molecule has 0 bridgehead atoms. The van der Waals surface area contributed by atoms with Crippen LogP contribution in [0.2, 0.25) is 0 Å². The molecular weight excluding hydrogens is 440 g/mol. The number of amides is 2. The number of carbonyl (C=O) groups excluding carboxylic acids is 2. The molecular formula is C29H35N2O4+. The first-order valence-electron chi connectivity index (χ1n) is 12.2. The third kappa shape index (κ3) is 4.68. The molecule has 0 radical (unpaired) electrons. The number of hydroxylamine groups is 3. The maximum absolute atomic E-state index is 13.6. The number of nitrogens with zero attached hydrogens (tertiary/aromatic N) is 1. The average Bonchev–Trinajstić information content (AvgIpc) is 3.06. The molecule has 1 aliphatic heterocycles. The first-order valence-corrected chi connectivity index (χ1v) is 12.2. The van der Waals surface area contributed by atoms with Crippen molar-refractivity contribution >= 4 is 22.6 Å². The molecule has 6 heteroatoms. The number of fused-ring (bicyclic) bond motifs is 1. The Morgan fingerprint density at radius 1 is 1.11 bits per heavy atom. The number of ether oxygens (including phenoxy) is 1. The molecule has 1 aliphatic rings. The largest absolute Gasteiger partial charge is 0.489 e. The molecule has 1 fully saturated rings. The van der Waals surface area contributed by atoms with Crippen LogP contribution in [-0.2, 0) is 21.6 Å². The maximum Gasteiger partial charge on any atom is 0.356 e. The molecule has 3 aromatic rings. The lowest BCUT2D eigenvalue weighted by molar-refractivity contribution is -1.05. The van der Waals surface area contributed by atoms with Crippen molar-refractivity contribution in [1.82, 2.24) is 0 Å². The number of aryl methyl sites for hydroxylation is 1. The molecule has 2 amide bonds. The van der Waals surface area contributed by atoms with E-state index in [4.69, 9.17) is 10.5 Å². The number of nitrogens with two attached hydrogens (primary N) is 1. The molecule has 0 spiro atoms. The lowest BCUT2D eigenvalue weighted by Crippen LogP contribution is -2.61. The fourth-order valence-corrected chi connectivity index (χ4v) is 5.36. The lowest BCUT2D eigenvalue weighted by atomic mass is 9.78. The Labute approximate surface area is 206 Å². The van der Waals surface area contributed by atoms with Crippen LogP contribution in [0.5, 0.6) is 5.75 Å². The first-order chi connectivity index (χ1) is 16.5. The SMILES string of the molecule is Cc1cc(OCc2ccc3ccccc3c2)ccc1C1(C)CC[N@@+](O)(C(CC(C)C)C(N)=O)C1=O. The highest BCUT2D eigenvalue weighted by Crippen LogP contribution is 2.42. The van der Waals surface area contributed by atoms with Gasteiger partial charge in [0.05, 0.1) is 0 Å². The Bertz CT molecular complexity index is 1270. The van der Waals surface area contributed by atoms with Crippen LogP contribution in [0, 0.1) is 12.8 Å². The summed E-state index contributed by atoms with van der Waals surface area (Å²) >= 11 is 0. The van der Waals surface area contributed by atoms with E-state index in [-0.39, 0.29) is 18.4 Å². The van der Waals surface area contributed by atoms with Gasteiger partial charge in [0.25, 0.3) is 5.91 Å². The summed E-state index contributed by atoms with van der Waals surface area (Å²) in [4.78, 5) is 25.8. The van der Waals surface area contributed by atoms with Crippen molar-refractivity contribution in [2.45, 2.75) is 58.6 Å². The van der Waals surface area contributed by atoms with Crippen LogP contribution in [0.1, 0.15) is 50.3 Å². The molecule has 4 rings (SSSR count). The van der Waals surface area contributed by atoms with Gasteiger partial charge in [-0.05, 0) is 65.4 Å². The van der Waals surface area contributed by atoms with E-state index in [1.165, 1.54) is 10.8 Å². The van der Waals surface area contributed by atoms with Gasteiger partial charge in [-0.25, -0.2) is 10.0 Å². The molecule has 184 valence electrons. The summed E-state index contributed by atoms with van der Waals surface area (Å²) in [6.07, 6.45) is 0.788. The van der Waals surface area contributed by atoms with Crippen LogP contribution in [0.4, 0.5) is 0 Å². The second kappa shape index (κ2) is 9.44. The fourth-order valence-electron chi connectivity index (χ4n) is 5.36. The number of likely N-dealkylation sites (tertiary alicyclic amines) is 1. The number of quaternary nitrogens is 1. The third-order valence-electron chi connectivity index (χ3n) is 7.33. The molecule has 3 aromatic carbocycles. The standard InChI is InChI=1S/C29H34N2O4/c1-19(2)15-26(27(30)32)31(34)14-13-29(4,28(31)33)25-12-11-24(16-20(25)3)35-18-21-9-10-22-7-5-6-8-23(22)17-21/h5-12,16-17,19,26,34H,13-15,18H2,1-4H3,(H-,30,32)/p+1/t26?,29?,31-/m1/s1. The van der Waals surface area contributed by atoms with Gasteiger partial charge in [-0.3, -0.25) is 4.79 Å². The topological polar surface area (TPSA) is 89.6 Å². The Kier molecular flexibility index (Phi) is 6.71. The lowest BCUT2D eigenvalue weighted by Gasteiger charge is -2.32. The van der Waals surface area contributed by atoms with Crippen molar-refractivity contribution in [3.63, 3.8) is 0 Å². The number of rotatable bonds is 8. The van der Waals surface area contributed by atoms with Crippen LogP contribution in [0.15, 0.2) is 60.7 Å². The van der Waals surface area contributed by atoms with E-state index >= 15 is 0 Å². The zero-order chi connectivity index (χ0) is 25.4. The summed E-state index contributed by atoms with van der Waals surface area (Å²) < 4.78 is 5.13. The Morgan fingerprint density at radius 2 is 1.83 bits per heavy atom. The summed E-state index contributed by atoms with van der Waals surface area (Å²) in [7, 11) is 0. The van der Waals surface area contributed by atoms with Gasteiger partial charge in [0.1, 0.15) is 24.3 Å². The van der Waals surface area contributed by atoms with Gasteiger partial charge < -0.3 is 10.5 Å². The number of hydrogen-bond donors (Lipinski definition) is 2. The number of carbonyl (C=O) groups is 2. The highest BCUT2D eigenvalue weighted by molar-refractivity contribution is 5.88. The smallest absolute Gasteiger partial charge is 0.356 e.